The Labute approximate surface area is 93.3 Å². The molecule has 0 bridgehead atoms. The quantitative estimate of drug-likeness (QED) is 0.585. The number of nitrogen functional groups attached to an aromatic ring is 1. The van der Waals surface area contributed by atoms with Crippen molar-refractivity contribution in [1.82, 2.24) is 15.5 Å². The average Bonchev–Trinajstić information content (AvgIpc) is 2.57. The molecule has 16 heavy (non-hydrogen) atoms. The lowest BCUT2D eigenvalue weighted by Crippen LogP contribution is -2.26. The van der Waals surface area contributed by atoms with Crippen molar-refractivity contribution < 1.29 is 13.2 Å². The first-order chi connectivity index (χ1) is 7.38. The normalized spacial score (nSPS) is 11.3. The van der Waals surface area contributed by atoms with Gasteiger partial charge in [-0.3, -0.25) is 9.89 Å². The molecular formula is C8H14N4O3S. The zero-order valence-corrected chi connectivity index (χ0v) is 9.67. The number of hydrogen-bond acceptors (Lipinski definition) is 5. The lowest BCUT2D eigenvalue weighted by atomic mass is 10.4. The Hall–Kier alpha value is -1.57. The molecule has 0 aromatic carbocycles. The van der Waals surface area contributed by atoms with E-state index in [1.54, 1.807) is 0 Å². The third-order valence-electron chi connectivity index (χ3n) is 1.82. The van der Waals surface area contributed by atoms with Gasteiger partial charge in [0.05, 0.1) is 5.75 Å². The van der Waals surface area contributed by atoms with E-state index in [1.807, 2.05) is 0 Å². The van der Waals surface area contributed by atoms with Crippen LogP contribution in [0.4, 0.5) is 5.82 Å². The first kappa shape index (κ1) is 12.5. The van der Waals surface area contributed by atoms with Crippen molar-refractivity contribution >= 4 is 21.6 Å². The number of nitrogens with two attached hydrogens (primary N) is 1. The number of nitrogens with one attached hydrogen (secondary N) is 2. The molecule has 1 heterocycles. The number of carbonyl (C=O) groups excluding carboxylic acids is 1. The number of hydrogen-bond donors (Lipinski definition) is 3. The van der Waals surface area contributed by atoms with Crippen LogP contribution in [0.1, 0.15) is 16.9 Å². The van der Waals surface area contributed by atoms with Crippen molar-refractivity contribution in [2.45, 2.75) is 6.42 Å². The molecule has 0 aliphatic heterocycles. The molecule has 0 spiro atoms. The summed E-state index contributed by atoms with van der Waals surface area (Å²) in [6.45, 7) is 0.296. The van der Waals surface area contributed by atoms with Crippen LogP contribution < -0.4 is 11.1 Å². The van der Waals surface area contributed by atoms with E-state index < -0.39 is 9.84 Å². The van der Waals surface area contributed by atoms with Gasteiger partial charge in [0.2, 0.25) is 0 Å². The monoisotopic (exact) mass is 246 g/mol. The van der Waals surface area contributed by atoms with Crippen LogP contribution in [0.3, 0.4) is 0 Å². The van der Waals surface area contributed by atoms with E-state index in [2.05, 4.69) is 15.5 Å². The molecule has 1 aromatic rings. The Morgan fingerprint density at radius 3 is 2.81 bits per heavy atom. The average molecular weight is 246 g/mol. The van der Waals surface area contributed by atoms with Gasteiger partial charge in [-0.1, -0.05) is 0 Å². The summed E-state index contributed by atoms with van der Waals surface area (Å²) in [7, 11) is -2.97. The third-order valence-corrected chi connectivity index (χ3v) is 2.85. The van der Waals surface area contributed by atoms with Gasteiger partial charge >= 0.3 is 0 Å². The molecule has 0 atom stereocenters. The van der Waals surface area contributed by atoms with E-state index in [4.69, 9.17) is 5.73 Å². The topological polar surface area (TPSA) is 118 Å². The summed E-state index contributed by atoms with van der Waals surface area (Å²) in [5.41, 5.74) is 5.59. The maximum atomic E-state index is 11.4. The van der Waals surface area contributed by atoms with Crippen LogP contribution in [0, 0.1) is 0 Å². The van der Waals surface area contributed by atoms with Gasteiger partial charge < -0.3 is 11.1 Å². The van der Waals surface area contributed by atoms with Crippen LogP contribution in [-0.2, 0) is 9.84 Å². The zero-order chi connectivity index (χ0) is 12.2. The number of anilines is 1. The summed E-state index contributed by atoms with van der Waals surface area (Å²) < 4.78 is 21.6. The smallest absolute Gasteiger partial charge is 0.269 e. The van der Waals surface area contributed by atoms with Gasteiger partial charge in [0.1, 0.15) is 21.3 Å². The standard InChI is InChI=1S/C8H14N4O3S/c1-16(14,15)4-2-3-10-8(13)6-5-7(9)12-11-6/h5H,2-4H2,1H3,(H,10,13)(H3,9,11,12). The number of rotatable bonds is 5. The minimum absolute atomic E-state index is 0.0540. The molecule has 0 unspecified atom stereocenters. The van der Waals surface area contributed by atoms with E-state index in [0.717, 1.165) is 6.26 Å². The number of aromatic amines is 1. The molecule has 1 rings (SSSR count). The molecule has 0 radical (unpaired) electrons. The van der Waals surface area contributed by atoms with Gasteiger partial charge in [-0.05, 0) is 6.42 Å². The molecule has 1 aromatic heterocycles. The molecular weight excluding hydrogens is 232 g/mol. The van der Waals surface area contributed by atoms with Crippen molar-refractivity contribution in [3.63, 3.8) is 0 Å². The number of nitrogens with zero attached hydrogens (tertiary/aromatic N) is 1. The van der Waals surface area contributed by atoms with E-state index in [0.29, 0.717) is 13.0 Å². The Bertz CT molecular complexity index is 465. The summed E-state index contributed by atoms with van der Waals surface area (Å²) in [6.07, 6.45) is 1.54. The highest BCUT2D eigenvalue weighted by atomic mass is 32.2. The van der Waals surface area contributed by atoms with Gasteiger partial charge in [0, 0.05) is 18.9 Å². The number of aromatic nitrogens is 2. The number of carbonyl (C=O) groups is 1. The second-order valence-corrected chi connectivity index (χ2v) is 5.71. The van der Waals surface area contributed by atoms with E-state index in [1.165, 1.54) is 6.07 Å². The lowest BCUT2D eigenvalue weighted by molar-refractivity contribution is 0.0948. The molecule has 0 fully saturated rings. The summed E-state index contributed by atoms with van der Waals surface area (Å²) >= 11 is 0. The van der Waals surface area contributed by atoms with Crippen LogP contribution in [0.15, 0.2) is 6.07 Å². The van der Waals surface area contributed by atoms with Crippen molar-refractivity contribution in [3.8, 4) is 0 Å². The zero-order valence-electron chi connectivity index (χ0n) is 8.86. The van der Waals surface area contributed by atoms with Gasteiger partial charge in [-0.25, -0.2) is 8.42 Å². The Morgan fingerprint density at radius 2 is 2.31 bits per heavy atom. The molecule has 0 saturated carbocycles. The van der Waals surface area contributed by atoms with Crippen LogP contribution in [0.25, 0.3) is 0 Å². The predicted octanol–water partition coefficient (Wildman–Crippen LogP) is -0.844. The Balaban J connectivity index is 2.31. The Morgan fingerprint density at radius 1 is 1.62 bits per heavy atom. The first-order valence-electron chi connectivity index (χ1n) is 4.65. The maximum absolute atomic E-state index is 11.4. The molecule has 90 valence electrons. The largest absolute Gasteiger partial charge is 0.382 e. The van der Waals surface area contributed by atoms with Gasteiger partial charge in [-0.15, -0.1) is 0 Å². The first-order valence-corrected chi connectivity index (χ1v) is 6.71. The second kappa shape index (κ2) is 4.97. The predicted molar refractivity (Wildman–Crippen MR) is 59.7 cm³/mol. The van der Waals surface area contributed by atoms with Gasteiger partial charge in [-0.2, -0.15) is 5.10 Å². The fourth-order valence-corrected chi connectivity index (χ4v) is 1.75. The summed E-state index contributed by atoms with van der Waals surface area (Å²) in [4.78, 5) is 11.4. The fourth-order valence-electron chi connectivity index (χ4n) is 1.09. The fraction of sp³-hybridized carbons (Fsp3) is 0.500. The number of H-pyrrole nitrogens is 1. The molecule has 7 nitrogen and oxygen atoms in total. The van der Waals surface area contributed by atoms with Crippen LogP contribution in [-0.4, -0.2) is 43.1 Å². The highest BCUT2D eigenvalue weighted by Gasteiger charge is 2.08. The van der Waals surface area contributed by atoms with Crippen LogP contribution in [0.5, 0.6) is 0 Å². The highest BCUT2D eigenvalue weighted by Crippen LogP contribution is 1.99. The summed E-state index contributed by atoms with van der Waals surface area (Å²) in [5, 5.41) is 8.61. The minimum Gasteiger partial charge on any atom is -0.382 e. The number of amides is 1. The molecule has 1 amide bonds. The Kier molecular flexibility index (Phi) is 3.88. The van der Waals surface area contributed by atoms with Gasteiger partial charge in [0.15, 0.2) is 0 Å². The van der Waals surface area contributed by atoms with Crippen molar-refractivity contribution in [2.75, 3.05) is 24.3 Å². The molecule has 0 aliphatic carbocycles. The van der Waals surface area contributed by atoms with Crippen molar-refractivity contribution in [3.05, 3.63) is 11.8 Å². The summed E-state index contributed by atoms with van der Waals surface area (Å²) in [5.74, 6) is -0.0581. The van der Waals surface area contributed by atoms with E-state index in [-0.39, 0.29) is 23.2 Å². The van der Waals surface area contributed by atoms with Gasteiger partial charge in [0.25, 0.3) is 5.91 Å². The molecule has 0 aliphatic rings. The van der Waals surface area contributed by atoms with Crippen LogP contribution >= 0.6 is 0 Å². The van der Waals surface area contributed by atoms with Crippen molar-refractivity contribution in [1.29, 1.82) is 0 Å². The second-order valence-electron chi connectivity index (χ2n) is 3.45. The number of sulfone groups is 1. The SMILES string of the molecule is CS(=O)(=O)CCCNC(=O)c1cc(N)n[nH]1. The van der Waals surface area contributed by atoms with Crippen molar-refractivity contribution in [2.24, 2.45) is 0 Å². The van der Waals surface area contributed by atoms with E-state index >= 15 is 0 Å². The molecule has 8 heteroatoms. The third kappa shape index (κ3) is 4.30. The lowest BCUT2D eigenvalue weighted by Gasteiger charge is -2.02. The maximum Gasteiger partial charge on any atom is 0.269 e. The summed E-state index contributed by atoms with van der Waals surface area (Å²) in [6, 6.07) is 1.41. The molecule has 0 saturated heterocycles. The molecule has 4 N–H and O–H groups in total. The minimum atomic E-state index is -2.97. The highest BCUT2D eigenvalue weighted by molar-refractivity contribution is 7.90. The van der Waals surface area contributed by atoms with Crippen LogP contribution in [0.2, 0.25) is 0 Å². The van der Waals surface area contributed by atoms with E-state index in [9.17, 15) is 13.2 Å².